The van der Waals surface area contributed by atoms with Crippen molar-refractivity contribution in [2.24, 2.45) is 0 Å². The summed E-state index contributed by atoms with van der Waals surface area (Å²) in [5.41, 5.74) is 0. The van der Waals surface area contributed by atoms with Crippen LogP contribution in [0, 0.1) is 0 Å². The third-order valence-corrected chi connectivity index (χ3v) is 2.71. The first-order valence-corrected chi connectivity index (χ1v) is 5.67. The van der Waals surface area contributed by atoms with E-state index in [9.17, 15) is 9.59 Å². The fourth-order valence-electron chi connectivity index (χ4n) is 1.93. The zero-order valence-corrected chi connectivity index (χ0v) is 9.58. The molecule has 0 aliphatic carbocycles. The van der Waals surface area contributed by atoms with Crippen LogP contribution in [-0.2, 0) is 9.59 Å². The molecule has 0 aromatic carbocycles. The summed E-state index contributed by atoms with van der Waals surface area (Å²) in [6.45, 7) is 4.85. The van der Waals surface area contributed by atoms with E-state index in [1.54, 1.807) is 6.92 Å². The van der Waals surface area contributed by atoms with Gasteiger partial charge in [-0.15, -0.1) is 0 Å². The summed E-state index contributed by atoms with van der Waals surface area (Å²) < 4.78 is 0. The van der Waals surface area contributed by atoms with E-state index in [-0.39, 0.29) is 17.9 Å². The van der Waals surface area contributed by atoms with Crippen LogP contribution in [0.15, 0.2) is 0 Å². The number of carbonyl (C=O) groups is 2. The molecule has 86 valence electrons. The maximum absolute atomic E-state index is 11.9. The first-order chi connectivity index (χ1) is 7.11. The fourth-order valence-corrected chi connectivity index (χ4v) is 1.93. The lowest BCUT2D eigenvalue weighted by Gasteiger charge is -2.24. The van der Waals surface area contributed by atoms with Gasteiger partial charge < -0.3 is 10.2 Å². The number of nitrogens with zero attached hydrogens (tertiary/aromatic N) is 1. The molecule has 4 nitrogen and oxygen atoms in total. The minimum Gasteiger partial charge on any atom is -0.345 e. The van der Waals surface area contributed by atoms with Crippen molar-refractivity contribution in [2.75, 3.05) is 13.1 Å². The van der Waals surface area contributed by atoms with Gasteiger partial charge in [-0.1, -0.05) is 12.8 Å². The smallest absolute Gasteiger partial charge is 0.244 e. The molecule has 4 heteroatoms. The van der Waals surface area contributed by atoms with Crippen molar-refractivity contribution in [2.45, 2.75) is 45.6 Å². The van der Waals surface area contributed by atoms with Crippen LogP contribution in [0.2, 0.25) is 0 Å². The Hall–Kier alpha value is -1.06. The number of rotatable bonds is 2. The molecule has 0 saturated carbocycles. The van der Waals surface area contributed by atoms with Gasteiger partial charge >= 0.3 is 0 Å². The Morgan fingerprint density at radius 1 is 1.13 bits per heavy atom. The van der Waals surface area contributed by atoms with Crippen LogP contribution in [0.25, 0.3) is 0 Å². The highest BCUT2D eigenvalue weighted by molar-refractivity contribution is 5.86. The average Bonchev–Trinajstić information content (AvgIpc) is 2.43. The molecule has 0 aromatic rings. The molecule has 0 spiro atoms. The van der Waals surface area contributed by atoms with Crippen LogP contribution >= 0.6 is 0 Å². The van der Waals surface area contributed by atoms with Crippen molar-refractivity contribution in [1.82, 2.24) is 10.2 Å². The van der Waals surface area contributed by atoms with Crippen molar-refractivity contribution in [3.8, 4) is 0 Å². The normalized spacial score (nSPS) is 19.2. The summed E-state index contributed by atoms with van der Waals surface area (Å²) in [5, 5.41) is 2.63. The SMILES string of the molecule is CC(=O)N[C@H](C)C(=O)N1CCCCCC1. The number of nitrogens with one attached hydrogen (secondary N) is 1. The summed E-state index contributed by atoms with van der Waals surface area (Å²) in [7, 11) is 0. The van der Waals surface area contributed by atoms with Gasteiger partial charge in [0.25, 0.3) is 0 Å². The Kier molecular flexibility index (Phi) is 4.59. The molecular formula is C11H20N2O2. The average molecular weight is 212 g/mol. The third kappa shape index (κ3) is 3.90. The van der Waals surface area contributed by atoms with E-state index in [1.807, 2.05) is 4.90 Å². The Bertz CT molecular complexity index is 233. The molecule has 1 aliphatic rings. The molecular weight excluding hydrogens is 192 g/mol. The molecule has 0 bridgehead atoms. The molecule has 1 rings (SSSR count). The predicted octanol–water partition coefficient (Wildman–Crippen LogP) is 0.914. The summed E-state index contributed by atoms with van der Waals surface area (Å²) >= 11 is 0. The Labute approximate surface area is 91.0 Å². The summed E-state index contributed by atoms with van der Waals surface area (Å²) in [4.78, 5) is 24.6. The third-order valence-electron chi connectivity index (χ3n) is 2.71. The number of hydrogen-bond acceptors (Lipinski definition) is 2. The van der Waals surface area contributed by atoms with Gasteiger partial charge in [0, 0.05) is 20.0 Å². The van der Waals surface area contributed by atoms with E-state index in [0.29, 0.717) is 0 Å². The minimum absolute atomic E-state index is 0.0482. The predicted molar refractivity (Wildman–Crippen MR) is 58.3 cm³/mol. The number of likely N-dealkylation sites (tertiary alicyclic amines) is 1. The molecule has 0 radical (unpaired) electrons. The van der Waals surface area contributed by atoms with Gasteiger partial charge in [-0.05, 0) is 19.8 Å². The van der Waals surface area contributed by atoms with Gasteiger partial charge in [0.15, 0.2) is 0 Å². The highest BCUT2D eigenvalue weighted by Gasteiger charge is 2.21. The van der Waals surface area contributed by atoms with Crippen molar-refractivity contribution < 1.29 is 9.59 Å². The molecule has 15 heavy (non-hydrogen) atoms. The molecule has 0 aromatic heterocycles. The lowest BCUT2D eigenvalue weighted by Crippen LogP contribution is -2.46. The highest BCUT2D eigenvalue weighted by Crippen LogP contribution is 2.10. The summed E-state index contributed by atoms with van der Waals surface area (Å²) in [5.74, 6) is -0.0993. The standard InChI is InChI=1S/C11H20N2O2/c1-9(12-10(2)14)11(15)13-7-5-3-4-6-8-13/h9H,3-8H2,1-2H3,(H,12,14)/t9-/m1/s1. The Morgan fingerprint density at radius 3 is 2.13 bits per heavy atom. The molecule has 0 unspecified atom stereocenters. The molecule has 1 saturated heterocycles. The van der Waals surface area contributed by atoms with E-state index < -0.39 is 0 Å². The van der Waals surface area contributed by atoms with Crippen LogP contribution in [0.5, 0.6) is 0 Å². The van der Waals surface area contributed by atoms with Crippen molar-refractivity contribution in [3.05, 3.63) is 0 Å². The van der Waals surface area contributed by atoms with Crippen molar-refractivity contribution >= 4 is 11.8 Å². The van der Waals surface area contributed by atoms with Crippen molar-refractivity contribution in [1.29, 1.82) is 0 Å². The van der Waals surface area contributed by atoms with Gasteiger partial charge in [0.1, 0.15) is 6.04 Å². The monoisotopic (exact) mass is 212 g/mol. The van der Waals surface area contributed by atoms with E-state index in [2.05, 4.69) is 5.32 Å². The first kappa shape index (κ1) is 12.0. The van der Waals surface area contributed by atoms with Gasteiger partial charge in [0.2, 0.25) is 11.8 Å². The minimum atomic E-state index is -0.388. The van der Waals surface area contributed by atoms with Gasteiger partial charge in [-0.25, -0.2) is 0 Å². The van der Waals surface area contributed by atoms with E-state index in [0.717, 1.165) is 25.9 Å². The Morgan fingerprint density at radius 2 is 1.67 bits per heavy atom. The number of hydrogen-bond donors (Lipinski definition) is 1. The van der Waals surface area contributed by atoms with Crippen LogP contribution in [0.4, 0.5) is 0 Å². The van der Waals surface area contributed by atoms with Gasteiger partial charge in [0.05, 0.1) is 0 Å². The molecule has 1 aliphatic heterocycles. The molecule has 1 atom stereocenters. The lowest BCUT2D eigenvalue weighted by molar-refractivity contribution is -0.135. The number of amides is 2. The second-order valence-electron chi connectivity index (χ2n) is 4.16. The van der Waals surface area contributed by atoms with Crippen LogP contribution in [0.1, 0.15) is 39.5 Å². The fraction of sp³-hybridized carbons (Fsp3) is 0.818. The molecule has 1 fully saturated rings. The van der Waals surface area contributed by atoms with Crippen LogP contribution < -0.4 is 5.32 Å². The van der Waals surface area contributed by atoms with E-state index in [4.69, 9.17) is 0 Å². The summed E-state index contributed by atoms with van der Waals surface area (Å²) in [6.07, 6.45) is 4.58. The van der Waals surface area contributed by atoms with Crippen LogP contribution in [-0.4, -0.2) is 35.8 Å². The quantitative estimate of drug-likeness (QED) is 0.739. The largest absolute Gasteiger partial charge is 0.345 e. The van der Waals surface area contributed by atoms with Gasteiger partial charge in [-0.3, -0.25) is 9.59 Å². The highest BCUT2D eigenvalue weighted by atomic mass is 16.2. The lowest BCUT2D eigenvalue weighted by atomic mass is 10.2. The zero-order chi connectivity index (χ0) is 11.3. The van der Waals surface area contributed by atoms with Crippen LogP contribution in [0.3, 0.4) is 0 Å². The zero-order valence-electron chi connectivity index (χ0n) is 9.58. The van der Waals surface area contributed by atoms with E-state index >= 15 is 0 Å². The number of carbonyl (C=O) groups excluding carboxylic acids is 2. The first-order valence-electron chi connectivity index (χ1n) is 5.67. The molecule has 1 N–H and O–H groups in total. The second kappa shape index (κ2) is 5.73. The van der Waals surface area contributed by atoms with Gasteiger partial charge in [-0.2, -0.15) is 0 Å². The Balaban J connectivity index is 2.46. The molecule has 1 heterocycles. The maximum Gasteiger partial charge on any atom is 0.244 e. The van der Waals surface area contributed by atoms with E-state index in [1.165, 1.54) is 19.8 Å². The summed E-state index contributed by atoms with van der Waals surface area (Å²) in [6, 6.07) is -0.388. The molecule has 2 amide bonds. The topological polar surface area (TPSA) is 49.4 Å². The van der Waals surface area contributed by atoms with Crippen molar-refractivity contribution in [3.63, 3.8) is 0 Å². The maximum atomic E-state index is 11.9. The second-order valence-corrected chi connectivity index (χ2v) is 4.16.